The van der Waals surface area contributed by atoms with Crippen LogP contribution in [0.25, 0.3) is 0 Å². The first-order chi connectivity index (χ1) is 8.34. The van der Waals surface area contributed by atoms with Gasteiger partial charge >= 0.3 is 0 Å². The summed E-state index contributed by atoms with van der Waals surface area (Å²) in [6.07, 6.45) is 9.88. The summed E-state index contributed by atoms with van der Waals surface area (Å²) in [5.74, 6) is 0.887. The second kappa shape index (κ2) is 6.61. The van der Waals surface area contributed by atoms with Gasteiger partial charge in [-0.15, -0.1) is 0 Å². The summed E-state index contributed by atoms with van der Waals surface area (Å²) in [6.45, 7) is 3.30. The van der Waals surface area contributed by atoms with Gasteiger partial charge in [-0.05, 0) is 44.1 Å². The molecule has 1 nitrogen and oxygen atoms in total. The third kappa shape index (κ3) is 4.35. The van der Waals surface area contributed by atoms with Crippen molar-refractivity contribution in [3.05, 3.63) is 48.0 Å². The molecule has 0 bridgehead atoms. The molecule has 0 saturated heterocycles. The Balaban J connectivity index is 1.70. The number of benzene rings is 1. The van der Waals surface area contributed by atoms with Crippen molar-refractivity contribution < 1.29 is 0 Å². The molecular formula is C16H23N. The lowest BCUT2D eigenvalue weighted by Gasteiger charge is -2.22. The van der Waals surface area contributed by atoms with Crippen LogP contribution in [0, 0.1) is 5.92 Å². The summed E-state index contributed by atoms with van der Waals surface area (Å²) in [4.78, 5) is 0. The minimum atomic E-state index is 0.617. The number of rotatable bonds is 5. The van der Waals surface area contributed by atoms with Gasteiger partial charge in [0.15, 0.2) is 0 Å². The highest BCUT2D eigenvalue weighted by Crippen LogP contribution is 2.22. The Hall–Kier alpha value is -1.08. The van der Waals surface area contributed by atoms with Crippen LogP contribution in [-0.2, 0) is 6.54 Å². The fourth-order valence-electron chi connectivity index (χ4n) is 2.54. The molecule has 1 heteroatoms. The van der Waals surface area contributed by atoms with Crippen molar-refractivity contribution in [2.45, 2.75) is 45.2 Å². The van der Waals surface area contributed by atoms with Gasteiger partial charge in [0.2, 0.25) is 0 Å². The maximum absolute atomic E-state index is 3.62. The third-order valence-corrected chi connectivity index (χ3v) is 3.56. The van der Waals surface area contributed by atoms with Gasteiger partial charge in [0.25, 0.3) is 0 Å². The lowest BCUT2D eigenvalue weighted by atomic mass is 9.89. The van der Waals surface area contributed by atoms with E-state index < -0.39 is 0 Å². The predicted molar refractivity (Wildman–Crippen MR) is 73.8 cm³/mol. The van der Waals surface area contributed by atoms with Gasteiger partial charge in [-0.2, -0.15) is 0 Å². The van der Waals surface area contributed by atoms with Gasteiger partial charge in [0.05, 0.1) is 0 Å². The summed E-state index contributed by atoms with van der Waals surface area (Å²) < 4.78 is 0. The van der Waals surface area contributed by atoms with Crippen LogP contribution in [0.2, 0.25) is 0 Å². The Kier molecular flexibility index (Phi) is 4.81. The molecule has 0 amide bonds. The van der Waals surface area contributed by atoms with Crippen molar-refractivity contribution >= 4 is 0 Å². The first-order valence-corrected chi connectivity index (χ1v) is 6.77. The average Bonchev–Trinajstić information content (AvgIpc) is 2.39. The van der Waals surface area contributed by atoms with E-state index in [1.165, 1.54) is 31.2 Å². The van der Waals surface area contributed by atoms with E-state index >= 15 is 0 Å². The Morgan fingerprint density at radius 1 is 1.24 bits per heavy atom. The van der Waals surface area contributed by atoms with Crippen LogP contribution in [0.15, 0.2) is 42.5 Å². The molecule has 0 aliphatic heterocycles. The van der Waals surface area contributed by atoms with Gasteiger partial charge in [-0.3, -0.25) is 0 Å². The first kappa shape index (κ1) is 12.4. The molecule has 92 valence electrons. The molecule has 17 heavy (non-hydrogen) atoms. The number of allylic oxidation sites excluding steroid dienone is 2. The highest BCUT2D eigenvalue weighted by molar-refractivity contribution is 5.14. The van der Waals surface area contributed by atoms with E-state index in [0.717, 1.165) is 12.5 Å². The Bertz CT molecular complexity index is 342. The smallest absolute Gasteiger partial charge is 0.0207 e. The van der Waals surface area contributed by atoms with Gasteiger partial charge < -0.3 is 5.32 Å². The molecule has 2 unspecified atom stereocenters. The van der Waals surface area contributed by atoms with Gasteiger partial charge in [0.1, 0.15) is 0 Å². The Labute approximate surface area is 105 Å². The number of hydrogen-bond acceptors (Lipinski definition) is 1. The molecule has 2 atom stereocenters. The van der Waals surface area contributed by atoms with Crippen molar-refractivity contribution in [3.8, 4) is 0 Å². The lowest BCUT2D eigenvalue weighted by molar-refractivity contribution is 0.374. The van der Waals surface area contributed by atoms with Crippen LogP contribution < -0.4 is 5.32 Å². The van der Waals surface area contributed by atoms with Crippen LogP contribution in [0.5, 0.6) is 0 Å². The van der Waals surface area contributed by atoms with E-state index in [2.05, 4.69) is 54.7 Å². The average molecular weight is 229 g/mol. The molecule has 0 radical (unpaired) electrons. The molecule has 0 spiro atoms. The number of hydrogen-bond donors (Lipinski definition) is 1. The summed E-state index contributed by atoms with van der Waals surface area (Å²) >= 11 is 0. The van der Waals surface area contributed by atoms with Gasteiger partial charge in [-0.1, -0.05) is 42.5 Å². The fraction of sp³-hybridized carbons (Fsp3) is 0.500. The van der Waals surface area contributed by atoms with Crippen LogP contribution in [0.3, 0.4) is 0 Å². The van der Waals surface area contributed by atoms with Crippen molar-refractivity contribution in [2.24, 2.45) is 5.92 Å². The molecule has 0 aromatic heterocycles. The van der Waals surface area contributed by atoms with Crippen molar-refractivity contribution in [2.75, 3.05) is 0 Å². The van der Waals surface area contributed by atoms with Crippen LogP contribution >= 0.6 is 0 Å². The van der Waals surface area contributed by atoms with E-state index in [1.807, 2.05) is 0 Å². The molecule has 1 aliphatic carbocycles. The maximum atomic E-state index is 3.62. The van der Waals surface area contributed by atoms with Crippen molar-refractivity contribution in [1.82, 2.24) is 5.32 Å². The Morgan fingerprint density at radius 2 is 2.06 bits per heavy atom. The molecule has 1 aliphatic rings. The molecule has 1 aromatic carbocycles. The zero-order valence-electron chi connectivity index (χ0n) is 10.7. The summed E-state index contributed by atoms with van der Waals surface area (Å²) in [6, 6.07) is 11.3. The molecule has 0 fully saturated rings. The van der Waals surface area contributed by atoms with Crippen molar-refractivity contribution in [3.63, 3.8) is 0 Å². The lowest BCUT2D eigenvalue weighted by Crippen LogP contribution is -2.28. The summed E-state index contributed by atoms with van der Waals surface area (Å²) in [5.41, 5.74) is 1.38. The second-order valence-corrected chi connectivity index (χ2v) is 5.15. The highest BCUT2D eigenvalue weighted by atomic mass is 14.9. The van der Waals surface area contributed by atoms with Crippen molar-refractivity contribution in [1.29, 1.82) is 0 Å². The minimum absolute atomic E-state index is 0.617. The molecule has 2 rings (SSSR count). The summed E-state index contributed by atoms with van der Waals surface area (Å²) in [5, 5.41) is 3.62. The molecular weight excluding hydrogens is 206 g/mol. The topological polar surface area (TPSA) is 12.0 Å². The normalized spacial score (nSPS) is 21.4. The first-order valence-electron chi connectivity index (χ1n) is 6.77. The third-order valence-electron chi connectivity index (χ3n) is 3.56. The van der Waals surface area contributed by atoms with E-state index in [9.17, 15) is 0 Å². The van der Waals surface area contributed by atoms with Crippen LogP contribution in [0.1, 0.15) is 38.2 Å². The standard InChI is InChI=1S/C16H23N/c1-14(12-15-8-4-2-5-9-15)17-13-16-10-6-3-7-11-16/h2-4,6-7,10-11,14-15,17H,5,8-9,12-13H2,1H3. The van der Waals surface area contributed by atoms with Crippen LogP contribution in [0.4, 0.5) is 0 Å². The number of nitrogens with one attached hydrogen (secondary N) is 1. The van der Waals surface area contributed by atoms with E-state index in [1.54, 1.807) is 0 Å². The van der Waals surface area contributed by atoms with Gasteiger partial charge in [-0.25, -0.2) is 0 Å². The fourth-order valence-corrected chi connectivity index (χ4v) is 2.54. The highest BCUT2D eigenvalue weighted by Gasteiger charge is 2.13. The zero-order valence-corrected chi connectivity index (χ0v) is 10.7. The molecule has 1 aromatic rings. The van der Waals surface area contributed by atoms with E-state index in [4.69, 9.17) is 0 Å². The monoisotopic (exact) mass is 229 g/mol. The maximum Gasteiger partial charge on any atom is 0.0207 e. The van der Waals surface area contributed by atoms with E-state index in [0.29, 0.717) is 6.04 Å². The second-order valence-electron chi connectivity index (χ2n) is 5.15. The largest absolute Gasteiger partial charge is 0.310 e. The molecule has 0 saturated carbocycles. The molecule has 1 N–H and O–H groups in total. The van der Waals surface area contributed by atoms with Gasteiger partial charge in [0, 0.05) is 12.6 Å². The Morgan fingerprint density at radius 3 is 2.76 bits per heavy atom. The minimum Gasteiger partial charge on any atom is -0.310 e. The quantitative estimate of drug-likeness (QED) is 0.755. The summed E-state index contributed by atoms with van der Waals surface area (Å²) in [7, 11) is 0. The van der Waals surface area contributed by atoms with E-state index in [-0.39, 0.29) is 0 Å². The predicted octanol–water partition coefficient (Wildman–Crippen LogP) is 3.91. The zero-order chi connectivity index (χ0) is 11.9. The molecule has 0 heterocycles. The van der Waals surface area contributed by atoms with Crippen LogP contribution in [-0.4, -0.2) is 6.04 Å². The SMILES string of the molecule is CC(CC1CC=CCC1)NCc1ccccc1.